The number of benzene rings is 5. The van der Waals surface area contributed by atoms with Gasteiger partial charge in [0.15, 0.2) is 23.0 Å². The predicted molar refractivity (Wildman–Crippen MR) is 245 cm³/mol. The molecule has 5 aromatic carbocycles. The molecule has 4 aliphatic heterocycles. The number of carbonyl (C=O) groups is 4. The number of aliphatic hydroxyl groups is 1. The van der Waals surface area contributed by atoms with Crippen LogP contribution in [0.1, 0.15) is 56.8 Å². The van der Waals surface area contributed by atoms with Gasteiger partial charge in [0.1, 0.15) is 25.5 Å². The number of fused-ring (bicyclic) bond motifs is 8. The van der Waals surface area contributed by atoms with E-state index in [0.717, 1.165) is 28.9 Å². The third-order valence-electron chi connectivity index (χ3n) is 12.5. The standard InChI is InChI=1S/C49H51N7O9/c1-26(50-3)45(57)52-27(2)46(58)53-32-15-28(24-64-43-21-36-34(19-41(43)62-4)48(60)55-33(23-51-36)17-30-10-6-8-12-38(30)55)14-29(16-32)25-65-44-22-37-35(20-42(44)63-5)49(61)56-39-13-9-7-11-31(39)18-40(56)47(59)54-37/h6-16,19-22,26-27,33,40,47,50-51,54,59H,17-18,23-25H2,1-5H3,(H,52,57)(H,53,58)/t26-,27-,33-,40-,47?/m0/s1. The number of amides is 4. The van der Waals surface area contributed by atoms with E-state index < -0.39 is 30.3 Å². The largest absolute Gasteiger partial charge is 0.493 e. The van der Waals surface area contributed by atoms with Crippen LogP contribution < -0.4 is 55.3 Å². The summed E-state index contributed by atoms with van der Waals surface area (Å²) in [5, 5.41) is 26.4. The number of para-hydroxylation sites is 2. The summed E-state index contributed by atoms with van der Waals surface area (Å²) in [5.74, 6) is 0.217. The van der Waals surface area contributed by atoms with Crippen LogP contribution >= 0.6 is 0 Å². The lowest BCUT2D eigenvalue weighted by Gasteiger charge is -2.26. The molecule has 16 nitrogen and oxygen atoms in total. The third-order valence-corrected chi connectivity index (χ3v) is 12.5. The van der Waals surface area contributed by atoms with Gasteiger partial charge in [-0.3, -0.25) is 19.2 Å². The first-order chi connectivity index (χ1) is 31.4. The highest BCUT2D eigenvalue weighted by atomic mass is 16.5. The minimum Gasteiger partial charge on any atom is -0.493 e. The molecule has 4 aliphatic rings. The maximum atomic E-state index is 14.1. The predicted octanol–water partition coefficient (Wildman–Crippen LogP) is 5.23. The first kappa shape index (κ1) is 43.0. The molecule has 0 saturated carbocycles. The van der Waals surface area contributed by atoms with Crippen molar-refractivity contribution in [3.8, 4) is 23.0 Å². The summed E-state index contributed by atoms with van der Waals surface area (Å²) in [6, 6.07) is 25.7. The lowest BCUT2D eigenvalue weighted by molar-refractivity contribution is -0.127. The van der Waals surface area contributed by atoms with E-state index >= 15 is 0 Å². The minimum absolute atomic E-state index is 0.00848. The van der Waals surface area contributed by atoms with E-state index in [0.29, 0.717) is 75.3 Å². The summed E-state index contributed by atoms with van der Waals surface area (Å²) in [7, 11) is 4.67. The SMILES string of the molecule is CN[C@@H](C)C(=O)N[C@@H](C)C(=O)Nc1cc(COc2cc3c(cc2OC)C(=O)N2c4ccccc4C[C@H]2CN3)cc(COc2cc3c(cc2OC)C(=O)N2c4ccccc4C[C@H]2C(O)N3)c1. The van der Waals surface area contributed by atoms with E-state index in [2.05, 4.69) is 32.7 Å². The van der Waals surface area contributed by atoms with E-state index in [1.54, 1.807) is 62.2 Å². The van der Waals surface area contributed by atoms with Gasteiger partial charge >= 0.3 is 0 Å². The zero-order valence-corrected chi connectivity index (χ0v) is 36.7. The normalized spacial score (nSPS) is 18.7. The maximum absolute atomic E-state index is 14.1. The van der Waals surface area contributed by atoms with Crippen molar-refractivity contribution in [2.75, 3.05) is 53.6 Å². The summed E-state index contributed by atoms with van der Waals surface area (Å²) < 4.78 is 24.3. The monoisotopic (exact) mass is 881 g/mol. The molecule has 0 aromatic heterocycles. The molecule has 0 aliphatic carbocycles. The Bertz CT molecular complexity index is 2710. The van der Waals surface area contributed by atoms with Gasteiger partial charge in [0.2, 0.25) is 11.8 Å². The van der Waals surface area contributed by atoms with Crippen LogP contribution in [0, 0.1) is 0 Å². The van der Waals surface area contributed by atoms with Crippen LogP contribution in [0.4, 0.5) is 28.4 Å². The molecule has 9 rings (SSSR count). The highest BCUT2D eigenvalue weighted by Gasteiger charge is 2.42. The van der Waals surface area contributed by atoms with E-state index in [9.17, 15) is 24.3 Å². The molecule has 65 heavy (non-hydrogen) atoms. The number of nitrogens with zero attached hydrogens (tertiary/aromatic N) is 2. The van der Waals surface area contributed by atoms with Crippen LogP contribution in [-0.2, 0) is 35.6 Å². The molecule has 0 spiro atoms. The summed E-state index contributed by atoms with van der Waals surface area (Å²) in [5.41, 5.74) is 7.29. The number of aliphatic hydroxyl groups excluding tert-OH is 1. The molecule has 4 heterocycles. The Morgan fingerprint density at radius 2 is 1.29 bits per heavy atom. The van der Waals surface area contributed by atoms with Crippen molar-refractivity contribution in [2.24, 2.45) is 0 Å². The Hall–Kier alpha value is -7.30. The number of anilines is 5. The van der Waals surface area contributed by atoms with Crippen molar-refractivity contribution in [3.05, 3.63) is 124 Å². The van der Waals surface area contributed by atoms with Crippen molar-refractivity contribution >= 4 is 52.1 Å². The topological polar surface area (TPSA) is 192 Å². The highest BCUT2D eigenvalue weighted by molar-refractivity contribution is 6.13. The number of methoxy groups -OCH3 is 2. The smallest absolute Gasteiger partial charge is 0.260 e. The molecule has 5 aromatic rings. The molecule has 5 atom stereocenters. The van der Waals surface area contributed by atoms with Gasteiger partial charge in [-0.05, 0) is 98.5 Å². The van der Waals surface area contributed by atoms with Crippen molar-refractivity contribution in [3.63, 3.8) is 0 Å². The quantitative estimate of drug-likeness (QED) is 0.0905. The number of ether oxygens (including phenoxy) is 4. The number of likely N-dealkylation sites (N-methyl/N-ethyl adjacent to an activating group) is 1. The van der Waals surface area contributed by atoms with Crippen molar-refractivity contribution in [2.45, 2.75) is 70.3 Å². The average molecular weight is 882 g/mol. The summed E-state index contributed by atoms with van der Waals surface area (Å²) in [4.78, 5) is 57.6. The Balaban J connectivity index is 0.980. The number of hydrogen-bond donors (Lipinski definition) is 6. The minimum atomic E-state index is -1.06. The van der Waals surface area contributed by atoms with Crippen LogP contribution in [0.5, 0.6) is 23.0 Å². The average Bonchev–Trinajstić information content (AvgIpc) is 3.83. The first-order valence-corrected chi connectivity index (χ1v) is 21.6. The Kier molecular flexibility index (Phi) is 11.7. The fourth-order valence-corrected chi connectivity index (χ4v) is 8.96. The van der Waals surface area contributed by atoms with Crippen LogP contribution in [0.25, 0.3) is 0 Å². The number of carbonyl (C=O) groups excluding carboxylic acids is 4. The molecular formula is C49H51N7O9. The number of hydrogen-bond acceptors (Lipinski definition) is 12. The fourth-order valence-electron chi connectivity index (χ4n) is 8.96. The molecule has 0 bridgehead atoms. The third kappa shape index (κ3) is 8.22. The molecule has 4 amide bonds. The summed E-state index contributed by atoms with van der Waals surface area (Å²) >= 11 is 0. The second-order valence-corrected chi connectivity index (χ2v) is 16.6. The lowest BCUT2D eigenvalue weighted by Crippen LogP contribution is -2.48. The second-order valence-electron chi connectivity index (χ2n) is 16.6. The van der Waals surface area contributed by atoms with Crippen molar-refractivity contribution in [1.29, 1.82) is 0 Å². The fraction of sp³-hybridized carbons (Fsp3) is 0.306. The van der Waals surface area contributed by atoms with Gasteiger partial charge in [-0.2, -0.15) is 0 Å². The number of rotatable bonds is 13. The maximum Gasteiger partial charge on any atom is 0.260 e. The van der Waals surface area contributed by atoms with E-state index in [1.165, 1.54) is 14.2 Å². The van der Waals surface area contributed by atoms with Gasteiger partial charge in [-0.15, -0.1) is 0 Å². The zero-order chi connectivity index (χ0) is 45.5. The van der Waals surface area contributed by atoms with E-state index in [4.69, 9.17) is 18.9 Å². The van der Waals surface area contributed by atoms with Crippen molar-refractivity contribution < 1.29 is 43.2 Å². The Morgan fingerprint density at radius 1 is 0.723 bits per heavy atom. The molecule has 1 unspecified atom stereocenters. The van der Waals surface area contributed by atoms with Gasteiger partial charge in [-0.1, -0.05) is 36.4 Å². The van der Waals surface area contributed by atoms with Crippen LogP contribution in [0.2, 0.25) is 0 Å². The van der Waals surface area contributed by atoms with Crippen molar-refractivity contribution in [1.82, 2.24) is 10.6 Å². The molecule has 0 saturated heterocycles. The summed E-state index contributed by atoms with van der Waals surface area (Å²) in [6.45, 7) is 3.86. The van der Waals surface area contributed by atoms with E-state index in [1.807, 2.05) is 53.4 Å². The van der Waals surface area contributed by atoms with Crippen LogP contribution in [0.15, 0.2) is 91.0 Å². The van der Waals surface area contributed by atoms with Gasteiger partial charge in [-0.25, -0.2) is 0 Å². The zero-order valence-electron chi connectivity index (χ0n) is 36.7. The van der Waals surface area contributed by atoms with Gasteiger partial charge in [0, 0.05) is 35.7 Å². The molecule has 6 N–H and O–H groups in total. The molecule has 0 fully saturated rings. The van der Waals surface area contributed by atoms with Gasteiger partial charge in [0.05, 0.1) is 54.8 Å². The Labute approximate surface area is 376 Å². The number of nitrogens with one attached hydrogen (secondary N) is 5. The first-order valence-electron chi connectivity index (χ1n) is 21.6. The summed E-state index contributed by atoms with van der Waals surface area (Å²) in [6.07, 6.45) is 0.180. The second kappa shape index (κ2) is 17.7. The lowest BCUT2D eigenvalue weighted by atomic mass is 10.1. The van der Waals surface area contributed by atoms with Crippen LogP contribution in [0.3, 0.4) is 0 Å². The molecular weight excluding hydrogens is 831 g/mol. The van der Waals surface area contributed by atoms with Gasteiger partial charge < -0.3 is 60.4 Å². The Morgan fingerprint density at radius 3 is 1.92 bits per heavy atom. The van der Waals surface area contributed by atoms with Gasteiger partial charge in [0.25, 0.3) is 11.8 Å². The molecule has 16 heteroatoms. The highest BCUT2D eigenvalue weighted by Crippen LogP contribution is 2.43. The molecule has 0 radical (unpaired) electrons. The molecule has 336 valence electrons. The van der Waals surface area contributed by atoms with Crippen LogP contribution in [-0.4, -0.2) is 86.9 Å². The van der Waals surface area contributed by atoms with E-state index in [-0.39, 0.29) is 37.0 Å².